The Labute approximate surface area is 155 Å². The Morgan fingerprint density at radius 1 is 0.962 bits per heavy atom. The lowest BCUT2D eigenvalue weighted by Crippen LogP contribution is -2.33. The van der Waals surface area contributed by atoms with Gasteiger partial charge in [0.15, 0.2) is 0 Å². The Morgan fingerprint density at radius 2 is 1.54 bits per heavy atom. The van der Waals surface area contributed by atoms with E-state index in [0.717, 1.165) is 32.1 Å². The second kappa shape index (κ2) is 16.8. The van der Waals surface area contributed by atoms with Crippen molar-refractivity contribution in [2.75, 3.05) is 13.2 Å². The summed E-state index contributed by atoms with van der Waals surface area (Å²) < 4.78 is 5.07. The molecule has 1 atom stereocenters. The number of carbonyl (C=O) groups is 2. The third kappa shape index (κ3) is 15.8. The van der Waals surface area contributed by atoms with E-state index in [1.165, 1.54) is 19.3 Å². The topological polar surface area (TPSA) is 122 Å². The van der Waals surface area contributed by atoms with E-state index in [1.54, 1.807) is 0 Å². The Kier molecular flexibility index (Phi) is 15.7. The predicted molar refractivity (Wildman–Crippen MR) is 98.0 cm³/mol. The maximum Gasteiger partial charge on any atom is 0.307 e. The number of rotatable bonds is 18. The van der Waals surface area contributed by atoms with Crippen molar-refractivity contribution in [1.82, 2.24) is 0 Å². The van der Waals surface area contributed by atoms with Crippen molar-refractivity contribution < 1.29 is 24.3 Å². The van der Waals surface area contributed by atoms with Gasteiger partial charge in [-0.05, 0) is 25.7 Å². The minimum atomic E-state index is -0.807. The highest BCUT2D eigenvalue weighted by Crippen LogP contribution is 2.09. The van der Waals surface area contributed by atoms with Gasteiger partial charge < -0.3 is 15.3 Å². The van der Waals surface area contributed by atoms with Crippen LogP contribution in [0, 0.1) is 10.1 Å². The van der Waals surface area contributed by atoms with Crippen LogP contribution in [0.2, 0.25) is 0 Å². The number of Topliss-reactive ketones (excluding diaryl/α,β-unsaturated/α-hetero) is 1. The van der Waals surface area contributed by atoms with Gasteiger partial charge in [-0.15, -0.1) is 10.1 Å². The van der Waals surface area contributed by atoms with Crippen molar-refractivity contribution in [1.29, 1.82) is 0 Å². The molecule has 0 bridgehead atoms. The van der Waals surface area contributed by atoms with Gasteiger partial charge in [-0.1, -0.05) is 45.4 Å². The number of hydrogen-bond acceptors (Lipinski definition) is 7. The van der Waals surface area contributed by atoms with Crippen LogP contribution >= 0.6 is 0 Å². The average Bonchev–Trinajstić information content (AvgIpc) is 2.59. The molecule has 0 heterocycles. The van der Waals surface area contributed by atoms with E-state index < -0.39 is 17.1 Å². The third-order valence-electron chi connectivity index (χ3n) is 4.08. The predicted octanol–water partition coefficient (Wildman–Crippen LogP) is 3.34. The van der Waals surface area contributed by atoms with Gasteiger partial charge in [-0.25, -0.2) is 0 Å². The summed E-state index contributed by atoms with van der Waals surface area (Å²) >= 11 is 0. The van der Waals surface area contributed by atoms with Gasteiger partial charge in [-0.3, -0.25) is 9.59 Å². The first-order valence-corrected chi connectivity index (χ1v) is 9.68. The number of ketones is 1. The molecule has 0 saturated carbocycles. The van der Waals surface area contributed by atoms with Crippen molar-refractivity contribution >= 4 is 11.8 Å². The number of unbranched alkanes of at least 4 members (excludes halogenated alkanes) is 8. The summed E-state index contributed by atoms with van der Waals surface area (Å²) in [5.41, 5.74) is 5.77. The molecule has 0 aromatic rings. The fourth-order valence-corrected chi connectivity index (χ4v) is 2.50. The molecule has 152 valence electrons. The summed E-state index contributed by atoms with van der Waals surface area (Å²) in [5.74, 6) is -0.534. The van der Waals surface area contributed by atoms with Crippen molar-refractivity contribution in [3.05, 3.63) is 10.1 Å². The van der Waals surface area contributed by atoms with E-state index >= 15 is 0 Å². The number of carbonyl (C=O) groups excluding carboxylic acids is 2. The largest absolute Gasteiger partial charge is 0.466 e. The zero-order valence-electron chi connectivity index (χ0n) is 16.0. The highest BCUT2D eigenvalue weighted by molar-refractivity contribution is 5.87. The van der Waals surface area contributed by atoms with Crippen LogP contribution in [0.3, 0.4) is 0 Å². The van der Waals surface area contributed by atoms with Crippen LogP contribution in [0.25, 0.3) is 0 Å². The Balaban J connectivity index is 3.56. The standard InChI is InChI=1S/C18H34N2O6/c1-2-3-4-5-6-9-12-17(21)16(19)15-18(22)25-13-10-7-8-11-14-26-20(23)24/h16H,2-15,19H2,1H3. The molecular formula is C18H34N2O6. The molecule has 0 aromatic heterocycles. The highest BCUT2D eigenvalue weighted by Gasteiger charge is 2.17. The van der Waals surface area contributed by atoms with Crippen molar-refractivity contribution in [2.24, 2.45) is 5.73 Å². The molecule has 8 nitrogen and oxygen atoms in total. The third-order valence-corrected chi connectivity index (χ3v) is 4.08. The van der Waals surface area contributed by atoms with Gasteiger partial charge in [-0.2, -0.15) is 0 Å². The summed E-state index contributed by atoms with van der Waals surface area (Å²) in [7, 11) is 0. The molecule has 1 unspecified atom stereocenters. The van der Waals surface area contributed by atoms with E-state index in [1.807, 2.05) is 0 Å². The lowest BCUT2D eigenvalue weighted by atomic mass is 10.0. The molecule has 0 rings (SSSR count). The minimum absolute atomic E-state index is 0.0780. The zero-order chi connectivity index (χ0) is 19.6. The maximum absolute atomic E-state index is 11.9. The molecule has 0 aliphatic carbocycles. The molecule has 2 N–H and O–H groups in total. The smallest absolute Gasteiger partial charge is 0.307 e. The van der Waals surface area contributed by atoms with Crippen LogP contribution in [0.1, 0.15) is 84.0 Å². The van der Waals surface area contributed by atoms with Crippen LogP contribution < -0.4 is 5.73 Å². The van der Waals surface area contributed by atoms with Gasteiger partial charge >= 0.3 is 5.97 Å². The first-order chi connectivity index (χ1) is 12.5. The molecule has 0 aliphatic rings. The Morgan fingerprint density at radius 3 is 2.19 bits per heavy atom. The van der Waals surface area contributed by atoms with Crippen molar-refractivity contribution in [2.45, 2.75) is 90.0 Å². The fraction of sp³-hybridized carbons (Fsp3) is 0.889. The normalized spacial score (nSPS) is 11.8. The average molecular weight is 374 g/mol. The second-order valence-corrected chi connectivity index (χ2v) is 6.49. The summed E-state index contributed by atoms with van der Waals surface area (Å²) in [6, 6.07) is -0.780. The van der Waals surface area contributed by atoms with Crippen molar-refractivity contribution in [3.63, 3.8) is 0 Å². The minimum Gasteiger partial charge on any atom is -0.466 e. The van der Waals surface area contributed by atoms with Crippen LogP contribution in [-0.2, 0) is 19.2 Å². The molecular weight excluding hydrogens is 340 g/mol. The second-order valence-electron chi connectivity index (χ2n) is 6.49. The van der Waals surface area contributed by atoms with Crippen LogP contribution in [0.5, 0.6) is 0 Å². The number of hydrogen-bond donors (Lipinski definition) is 1. The lowest BCUT2D eigenvalue weighted by Gasteiger charge is -2.10. The summed E-state index contributed by atoms with van der Waals surface area (Å²) in [5, 5.41) is 9.14. The molecule has 26 heavy (non-hydrogen) atoms. The fourth-order valence-electron chi connectivity index (χ4n) is 2.50. The van der Waals surface area contributed by atoms with Crippen molar-refractivity contribution in [3.8, 4) is 0 Å². The molecule has 0 fully saturated rings. The summed E-state index contributed by atoms with van der Waals surface area (Å²) in [4.78, 5) is 37.7. The van der Waals surface area contributed by atoms with Crippen LogP contribution in [0.15, 0.2) is 0 Å². The van der Waals surface area contributed by atoms with Gasteiger partial charge in [0.1, 0.15) is 5.78 Å². The van der Waals surface area contributed by atoms with Gasteiger partial charge in [0.05, 0.1) is 25.7 Å². The number of nitrogens with zero attached hydrogens (tertiary/aromatic N) is 1. The number of esters is 1. The monoisotopic (exact) mass is 374 g/mol. The molecule has 0 spiro atoms. The van der Waals surface area contributed by atoms with Gasteiger partial charge in [0.25, 0.3) is 5.09 Å². The van der Waals surface area contributed by atoms with Gasteiger partial charge in [0.2, 0.25) is 0 Å². The van der Waals surface area contributed by atoms with E-state index in [-0.39, 0.29) is 25.4 Å². The SMILES string of the molecule is CCCCCCCCC(=O)C(N)CC(=O)OCCCCCCO[N+](=O)[O-]. The molecule has 0 saturated heterocycles. The van der Waals surface area contributed by atoms with Gasteiger partial charge in [0, 0.05) is 6.42 Å². The van der Waals surface area contributed by atoms with Crippen LogP contribution in [-0.4, -0.2) is 36.1 Å². The van der Waals surface area contributed by atoms with E-state index in [0.29, 0.717) is 19.3 Å². The number of nitrogens with two attached hydrogens (primary N) is 1. The summed E-state index contributed by atoms with van der Waals surface area (Å²) in [6.07, 6.45) is 9.77. The molecule has 0 aliphatic heterocycles. The lowest BCUT2D eigenvalue weighted by molar-refractivity contribution is -0.757. The summed E-state index contributed by atoms with van der Waals surface area (Å²) in [6.45, 7) is 2.52. The van der Waals surface area contributed by atoms with E-state index in [4.69, 9.17) is 10.5 Å². The van der Waals surface area contributed by atoms with E-state index in [2.05, 4.69) is 11.8 Å². The Hall–Kier alpha value is -1.70. The Bertz CT molecular complexity index is 403. The molecule has 8 heteroatoms. The highest BCUT2D eigenvalue weighted by atomic mass is 16.9. The first kappa shape index (κ1) is 24.3. The quantitative estimate of drug-likeness (QED) is 0.169. The first-order valence-electron chi connectivity index (χ1n) is 9.68. The molecule has 0 radical (unpaired) electrons. The van der Waals surface area contributed by atoms with Crippen LogP contribution in [0.4, 0.5) is 0 Å². The molecule has 0 amide bonds. The zero-order valence-corrected chi connectivity index (χ0v) is 16.0. The molecule has 0 aromatic carbocycles. The van der Waals surface area contributed by atoms with E-state index in [9.17, 15) is 19.7 Å². The number of ether oxygens (including phenoxy) is 1. The maximum atomic E-state index is 11.9.